The van der Waals surface area contributed by atoms with E-state index in [0.29, 0.717) is 18.1 Å². The summed E-state index contributed by atoms with van der Waals surface area (Å²) in [5.41, 5.74) is 3.83. The molecule has 0 atom stereocenters. The average molecular weight is 302 g/mol. The Morgan fingerprint density at radius 2 is 1.71 bits per heavy atom. The Kier molecular flexibility index (Phi) is 5.03. The van der Waals surface area contributed by atoms with Crippen molar-refractivity contribution in [2.75, 3.05) is 13.1 Å². The smallest absolute Gasteiger partial charge is 0.254 e. The highest BCUT2D eigenvalue weighted by Gasteiger charge is 2.17. The quantitative estimate of drug-likeness (QED) is 0.794. The standard InChI is InChI=1S/C18H20ClNO/c1-4-20(5-2)18(21)17-9-7-6-8-16(17)15-11-10-14(19)12-13(15)3/h6-12H,4-5H2,1-3H3. The molecule has 21 heavy (non-hydrogen) atoms. The molecule has 0 saturated heterocycles. The van der Waals surface area contributed by atoms with Gasteiger partial charge in [-0.2, -0.15) is 0 Å². The van der Waals surface area contributed by atoms with Crippen LogP contribution in [-0.2, 0) is 0 Å². The van der Waals surface area contributed by atoms with Crippen LogP contribution in [0.4, 0.5) is 0 Å². The summed E-state index contributed by atoms with van der Waals surface area (Å²) >= 11 is 6.03. The minimum atomic E-state index is 0.0740. The Morgan fingerprint density at radius 3 is 2.33 bits per heavy atom. The molecule has 0 aliphatic heterocycles. The number of amides is 1. The first kappa shape index (κ1) is 15.6. The molecule has 3 heteroatoms. The zero-order valence-electron chi connectivity index (χ0n) is 12.7. The van der Waals surface area contributed by atoms with Gasteiger partial charge in [0.1, 0.15) is 0 Å². The van der Waals surface area contributed by atoms with E-state index in [1.54, 1.807) is 0 Å². The lowest BCUT2D eigenvalue weighted by atomic mass is 9.95. The first-order valence-electron chi connectivity index (χ1n) is 7.23. The van der Waals surface area contributed by atoms with E-state index in [1.165, 1.54) is 0 Å². The number of carbonyl (C=O) groups is 1. The zero-order chi connectivity index (χ0) is 15.4. The summed E-state index contributed by atoms with van der Waals surface area (Å²) < 4.78 is 0. The summed E-state index contributed by atoms with van der Waals surface area (Å²) in [6.45, 7) is 7.43. The predicted molar refractivity (Wildman–Crippen MR) is 88.9 cm³/mol. The van der Waals surface area contributed by atoms with Crippen molar-refractivity contribution < 1.29 is 4.79 Å². The number of nitrogens with zero attached hydrogens (tertiary/aromatic N) is 1. The molecule has 2 rings (SSSR count). The summed E-state index contributed by atoms with van der Waals surface area (Å²) in [6.07, 6.45) is 0. The minimum Gasteiger partial charge on any atom is -0.339 e. The second-order valence-corrected chi connectivity index (χ2v) is 5.42. The highest BCUT2D eigenvalue weighted by atomic mass is 35.5. The van der Waals surface area contributed by atoms with Gasteiger partial charge in [0.2, 0.25) is 0 Å². The molecule has 110 valence electrons. The van der Waals surface area contributed by atoms with Crippen LogP contribution in [0.5, 0.6) is 0 Å². The van der Waals surface area contributed by atoms with Crippen LogP contribution in [0, 0.1) is 6.92 Å². The maximum atomic E-state index is 12.7. The van der Waals surface area contributed by atoms with Crippen molar-refractivity contribution in [2.45, 2.75) is 20.8 Å². The molecule has 0 bridgehead atoms. The average Bonchev–Trinajstić information content (AvgIpc) is 2.48. The molecule has 2 aromatic carbocycles. The number of hydrogen-bond acceptors (Lipinski definition) is 1. The topological polar surface area (TPSA) is 20.3 Å². The van der Waals surface area contributed by atoms with Crippen molar-refractivity contribution in [1.82, 2.24) is 4.90 Å². The minimum absolute atomic E-state index is 0.0740. The van der Waals surface area contributed by atoms with Crippen molar-refractivity contribution in [3.8, 4) is 11.1 Å². The molecule has 0 spiro atoms. The van der Waals surface area contributed by atoms with Gasteiger partial charge in [-0.1, -0.05) is 35.9 Å². The monoisotopic (exact) mass is 301 g/mol. The molecule has 0 N–H and O–H groups in total. The Morgan fingerprint density at radius 1 is 1.05 bits per heavy atom. The summed E-state index contributed by atoms with van der Waals surface area (Å²) in [5, 5.41) is 0.712. The predicted octanol–water partition coefficient (Wildman–Crippen LogP) is 4.80. The van der Waals surface area contributed by atoms with Crippen molar-refractivity contribution in [3.05, 3.63) is 58.6 Å². The summed E-state index contributed by atoms with van der Waals surface area (Å²) in [5.74, 6) is 0.0740. The van der Waals surface area contributed by atoms with Gasteiger partial charge in [-0.05, 0) is 55.7 Å². The molecule has 0 saturated carbocycles. The third kappa shape index (κ3) is 3.27. The molecule has 0 fully saturated rings. The summed E-state index contributed by atoms with van der Waals surface area (Å²) in [6, 6.07) is 13.5. The van der Waals surface area contributed by atoms with Gasteiger partial charge in [0, 0.05) is 23.7 Å². The van der Waals surface area contributed by atoms with Gasteiger partial charge in [0.25, 0.3) is 5.91 Å². The van der Waals surface area contributed by atoms with Crippen LogP contribution in [0.1, 0.15) is 29.8 Å². The number of carbonyl (C=O) groups excluding carboxylic acids is 1. The molecule has 2 nitrogen and oxygen atoms in total. The molecule has 0 aliphatic rings. The van der Waals surface area contributed by atoms with Gasteiger partial charge in [0.05, 0.1) is 0 Å². The van der Waals surface area contributed by atoms with E-state index in [0.717, 1.165) is 22.3 Å². The maximum absolute atomic E-state index is 12.7. The first-order chi connectivity index (χ1) is 10.1. The van der Waals surface area contributed by atoms with Crippen LogP contribution in [0.25, 0.3) is 11.1 Å². The Labute approximate surface area is 131 Å². The van der Waals surface area contributed by atoms with Crippen LogP contribution in [0.3, 0.4) is 0 Å². The molecule has 2 aromatic rings. The molecule has 0 heterocycles. The Hall–Kier alpha value is -1.80. The van der Waals surface area contributed by atoms with Gasteiger partial charge in [0.15, 0.2) is 0 Å². The highest BCUT2D eigenvalue weighted by Crippen LogP contribution is 2.29. The second-order valence-electron chi connectivity index (χ2n) is 4.98. The van der Waals surface area contributed by atoms with Crippen molar-refractivity contribution in [2.24, 2.45) is 0 Å². The lowest BCUT2D eigenvalue weighted by molar-refractivity contribution is 0.0774. The zero-order valence-corrected chi connectivity index (χ0v) is 13.4. The fourth-order valence-corrected chi connectivity index (χ4v) is 2.74. The fourth-order valence-electron chi connectivity index (χ4n) is 2.51. The van der Waals surface area contributed by atoms with E-state index in [2.05, 4.69) is 0 Å². The Bertz CT molecular complexity index is 647. The van der Waals surface area contributed by atoms with E-state index in [9.17, 15) is 4.79 Å². The van der Waals surface area contributed by atoms with Crippen LogP contribution in [-0.4, -0.2) is 23.9 Å². The maximum Gasteiger partial charge on any atom is 0.254 e. The van der Waals surface area contributed by atoms with Crippen molar-refractivity contribution in [3.63, 3.8) is 0 Å². The summed E-state index contributed by atoms with van der Waals surface area (Å²) in [7, 11) is 0. The van der Waals surface area contributed by atoms with E-state index >= 15 is 0 Å². The van der Waals surface area contributed by atoms with Crippen LogP contribution < -0.4 is 0 Å². The Balaban J connectivity index is 2.53. The van der Waals surface area contributed by atoms with Gasteiger partial charge >= 0.3 is 0 Å². The number of halogens is 1. The van der Waals surface area contributed by atoms with Gasteiger partial charge in [-0.3, -0.25) is 4.79 Å². The fraction of sp³-hybridized carbons (Fsp3) is 0.278. The lowest BCUT2D eigenvalue weighted by Gasteiger charge is -2.21. The van der Waals surface area contributed by atoms with Gasteiger partial charge in [-0.15, -0.1) is 0 Å². The van der Waals surface area contributed by atoms with Crippen LogP contribution in [0.15, 0.2) is 42.5 Å². The van der Waals surface area contributed by atoms with E-state index in [-0.39, 0.29) is 5.91 Å². The van der Waals surface area contributed by atoms with Gasteiger partial charge in [-0.25, -0.2) is 0 Å². The first-order valence-corrected chi connectivity index (χ1v) is 7.61. The lowest BCUT2D eigenvalue weighted by Crippen LogP contribution is -2.30. The van der Waals surface area contributed by atoms with E-state index < -0.39 is 0 Å². The molecule has 1 amide bonds. The third-order valence-electron chi connectivity index (χ3n) is 3.69. The third-order valence-corrected chi connectivity index (χ3v) is 3.92. The van der Waals surface area contributed by atoms with Crippen molar-refractivity contribution in [1.29, 1.82) is 0 Å². The number of rotatable bonds is 4. The molecular formula is C18H20ClNO. The second kappa shape index (κ2) is 6.77. The molecule has 0 aromatic heterocycles. The highest BCUT2D eigenvalue weighted by molar-refractivity contribution is 6.30. The molecule has 0 aliphatic carbocycles. The number of hydrogen-bond donors (Lipinski definition) is 0. The van der Waals surface area contributed by atoms with E-state index in [1.807, 2.05) is 68.1 Å². The van der Waals surface area contributed by atoms with Gasteiger partial charge < -0.3 is 4.90 Å². The summed E-state index contributed by atoms with van der Waals surface area (Å²) in [4.78, 5) is 14.5. The molecule has 0 unspecified atom stereocenters. The normalized spacial score (nSPS) is 10.5. The van der Waals surface area contributed by atoms with Crippen molar-refractivity contribution >= 4 is 17.5 Å². The molecule has 0 radical (unpaired) electrons. The molecular weight excluding hydrogens is 282 g/mol. The number of benzene rings is 2. The van der Waals surface area contributed by atoms with Crippen LogP contribution >= 0.6 is 11.6 Å². The van der Waals surface area contributed by atoms with E-state index in [4.69, 9.17) is 11.6 Å². The van der Waals surface area contributed by atoms with Crippen LogP contribution in [0.2, 0.25) is 5.02 Å². The SMILES string of the molecule is CCN(CC)C(=O)c1ccccc1-c1ccc(Cl)cc1C. The number of aryl methyl sites for hydroxylation is 1. The largest absolute Gasteiger partial charge is 0.339 e.